The van der Waals surface area contributed by atoms with Gasteiger partial charge in [0, 0.05) is 33.5 Å². The second kappa shape index (κ2) is 13.5. The zero-order valence-corrected chi connectivity index (χ0v) is 31.6. The molecule has 270 valence electrons. The fourth-order valence-electron chi connectivity index (χ4n) is 9.72. The molecule has 2 aliphatic carbocycles. The van der Waals surface area contributed by atoms with Gasteiger partial charge in [-0.25, -0.2) is 0 Å². The summed E-state index contributed by atoms with van der Waals surface area (Å²) in [7, 11) is 0. The predicted molar refractivity (Wildman–Crippen MR) is 239 cm³/mol. The van der Waals surface area contributed by atoms with Crippen LogP contribution in [0, 0.1) is 0 Å². The summed E-state index contributed by atoms with van der Waals surface area (Å²) in [5, 5.41) is 2.52. The van der Waals surface area contributed by atoms with E-state index < -0.39 is 0 Å². The number of para-hydroxylation sites is 3. The number of allylic oxidation sites excluding steroid dienone is 4. The summed E-state index contributed by atoms with van der Waals surface area (Å²) in [5.74, 6) is 0. The maximum Gasteiger partial charge on any atom is 0.0677 e. The Morgan fingerprint density at radius 1 is 0.456 bits per heavy atom. The molecule has 11 rings (SSSR count). The second-order valence-corrected chi connectivity index (χ2v) is 15.2. The highest BCUT2D eigenvalue weighted by Gasteiger charge is 2.47. The summed E-state index contributed by atoms with van der Waals surface area (Å²) in [5.41, 5.74) is 17.2. The van der Waals surface area contributed by atoms with Crippen LogP contribution in [0.4, 0.5) is 17.1 Å². The monoisotopic (exact) mass is 728 g/mol. The minimum absolute atomic E-state index is 0.386. The van der Waals surface area contributed by atoms with Gasteiger partial charge >= 0.3 is 0 Å². The van der Waals surface area contributed by atoms with Gasteiger partial charge in [0.15, 0.2) is 0 Å². The van der Waals surface area contributed by atoms with Crippen molar-refractivity contribution in [2.24, 2.45) is 0 Å². The number of nitrogens with zero attached hydrogens (tertiary/aromatic N) is 2. The van der Waals surface area contributed by atoms with Crippen LogP contribution in [0.15, 0.2) is 224 Å². The first-order chi connectivity index (χ1) is 28.3. The highest BCUT2D eigenvalue weighted by molar-refractivity contribution is 6.10. The van der Waals surface area contributed by atoms with Crippen molar-refractivity contribution < 1.29 is 0 Å². The van der Waals surface area contributed by atoms with Crippen LogP contribution in [0.5, 0.6) is 0 Å². The van der Waals surface area contributed by atoms with Gasteiger partial charge in [0.25, 0.3) is 0 Å². The maximum absolute atomic E-state index is 2.47. The summed E-state index contributed by atoms with van der Waals surface area (Å²) in [4.78, 5) is 2.41. The SMILES string of the molecule is C1=CC2=C(CC1)C(c1ccccc1)(c1ccccc1)c1cc(N(c3ccccc3)c3ccc(-c4ccc5c(c4)c4ccccc4n5-c4ccccc4)cc3)ccc12. The van der Waals surface area contributed by atoms with Gasteiger partial charge in [-0.3, -0.25) is 0 Å². The third-order valence-electron chi connectivity index (χ3n) is 12.2. The predicted octanol–water partition coefficient (Wildman–Crippen LogP) is 14.4. The molecule has 2 nitrogen and oxygen atoms in total. The van der Waals surface area contributed by atoms with Crippen molar-refractivity contribution in [3.8, 4) is 16.8 Å². The van der Waals surface area contributed by atoms with Gasteiger partial charge < -0.3 is 9.47 Å². The fourth-order valence-corrected chi connectivity index (χ4v) is 9.72. The summed E-state index contributed by atoms with van der Waals surface area (Å²) in [6, 6.07) is 75.7. The Balaban J connectivity index is 1.05. The largest absolute Gasteiger partial charge is 0.310 e. The smallest absolute Gasteiger partial charge is 0.0677 e. The molecule has 0 bridgehead atoms. The molecular weight excluding hydrogens is 689 g/mol. The Hall–Kier alpha value is -7.16. The standard InChI is InChI=1S/C55H40N2/c1-5-17-41(18-6-1)55(42-19-7-2-8-20-42)51-27-15-13-25-47(51)48-35-34-46(38-52(48)55)56(43-21-9-3-10-22-43)45-32-29-39(30-33-45)40-31-36-54-50(37-40)49-26-14-16-28-53(49)57(54)44-23-11-4-12-24-44/h1-14,16-26,28-38H,15,27H2. The van der Waals surface area contributed by atoms with Crippen LogP contribution in [0.1, 0.15) is 35.1 Å². The van der Waals surface area contributed by atoms with Gasteiger partial charge in [-0.05, 0) is 124 Å². The van der Waals surface area contributed by atoms with Crippen molar-refractivity contribution in [3.63, 3.8) is 0 Å². The average Bonchev–Trinajstić information content (AvgIpc) is 3.78. The Bertz CT molecular complexity index is 2930. The van der Waals surface area contributed by atoms with Crippen LogP contribution < -0.4 is 4.90 Å². The topological polar surface area (TPSA) is 8.17 Å². The summed E-state index contributed by atoms with van der Waals surface area (Å²) < 4.78 is 2.37. The lowest BCUT2D eigenvalue weighted by molar-refractivity contribution is 0.696. The molecule has 9 aromatic rings. The number of hydrogen-bond donors (Lipinski definition) is 0. The van der Waals surface area contributed by atoms with Crippen molar-refractivity contribution in [1.29, 1.82) is 0 Å². The molecule has 8 aromatic carbocycles. The highest BCUT2D eigenvalue weighted by atomic mass is 15.1. The van der Waals surface area contributed by atoms with E-state index in [9.17, 15) is 0 Å². The lowest BCUT2D eigenvalue weighted by Gasteiger charge is -2.37. The molecule has 0 aliphatic heterocycles. The molecule has 0 saturated heterocycles. The molecule has 0 saturated carbocycles. The number of aromatic nitrogens is 1. The number of rotatable bonds is 7. The van der Waals surface area contributed by atoms with Crippen LogP contribution in [-0.2, 0) is 5.41 Å². The zero-order valence-electron chi connectivity index (χ0n) is 31.6. The first kappa shape index (κ1) is 33.2. The number of fused-ring (bicyclic) bond motifs is 5. The summed E-state index contributed by atoms with van der Waals surface area (Å²) in [6.45, 7) is 0. The van der Waals surface area contributed by atoms with E-state index in [0.717, 1.165) is 29.9 Å². The van der Waals surface area contributed by atoms with E-state index in [-0.39, 0.29) is 5.41 Å². The molecule has 0 unspecified atom stereocenters. The number of hydrogen-bond acceptors (Lipinski definition) is 1. The van der Waals surface area contributed by atoms with Gasteiger partial charge in [0.2, 0.25) is 0 Å². The van der Waals surface area contributed by atoms with E-state index in [1.54, 1.807) is 0 Å². The highest BCUT2D eigenvalue weighted by Crippen LogP contribution is 2.58. The van der Waals surface area contributed by atoms with Crippen molar-refractivity contribution in [3.05, 3.63) is 246 Å². The Morgan fingerprint density at radius 3 is 1.75 bits per heavy atom. The van der Waals surface area contributed by atoms with Gasteiger partial charge in [0.1, 0.15) is 0 Å². The first-order valence-corrected chi connectivity index (χ1v) is 20.0. The van der Waals surface area contributed by atoms with Gasteiger partial charge in [0.05, 0.1) is 16.4 Å². The van der Waals surface area contributed by atoms with Crippen LogP contribution in [-0.4, -0.2) is 4.57 Å². The van der Waals surface area contributed by atoms with Gasteiger partial charge in [-0.15, -0.1) is 0 Å². The van der Waals surface area contributed by atoms with E-state index >= 15 is 0 Å². The van der Waals surface area contributed by atoms with Gasteiger partial charge in [-0.2, -0.15) is 0 Å². The average molecular weight is 729 g/mol. The maximum atomic E-state index is 2.47. The first-order valence-electron chi connectivity index (χ1n) is 20.0. The molecule has 0 amide bonds. The normalized spacial score (nSPS) is 14.2. The van der Waals surface area contributed by atoms with Crippen LogP contribution >= 0.6 is 0 Å². The van der Waals surface area contributed by atoms with E-state index in [2.05, 4.69) is 228 Å². The molecule has 57 heavy (non-hydrogen) atoms. The van der Waals surface area contributed by atoms with Crippen molar-refractivity contribution in [1.82, 2.24) is 4.57 Å². The van der Waals surface area contributed by atoms with Crippen LogP contribution in [0.25, 0.3) is 44.2 Å². The quantitative estimate of drug-likeness (QED) is 0.159. The molecule has 0 fully saturated rings. The molecule has 1 heterocycles. The van der Waals surface area contributed by atoms with Crippen LogP contribution in [0.2, 0.25) is 0 Å². The minimum atomic E-state index is -0.386. The molecule has 0 atom stereocenters. The van der Waals surface area contributed by atoms with Gasteiger partial charge in [-0.1, -0.05) is 152 Å². The zero-order chi connectivity index (χ0) is 37.8. The van der Waals surface area contributed by atoms with E-state index in [4.69, 9.17) is 0 Å². The second-order valence-electron chi connectivity index (χ2n) is 15.2. The minimum Gasteiger partial charge on any atom is -0.310 e. The third-order valence-corrected chi connectivity index (χ3v) is 12.2. The van der Waals surface area contributed by atoms with Crippen molar-refractivity contribution in [2.75, 3.05) is 4.90 Å². The molecule has 2 heteroatoms. The number of anilines is 3. The van der Waals surface area contributed by atoms with E-state index in [0.29, 0.717) is 0 Å². The molecule has 0 radical (unpaired) electrons. The molecule has 0 spiro atoms. The van der Waals surface area contributed by atoms with Crippen LogP contribution in [0.3, 0.4) is 0 Å². The molecule has 2 aliphatic rings. The van der Waals surface area contributed by atoms with E-state index in [1.165, 1.54) is 72.0 Å². The Morgan fingerprint density at radius 2 is 1.04 bits per heavy atom. The van der Waals surface area contributed by atoms with E-state index in [1.807, 2.05) is 0 Å². The molecular formula is C55H40N2. The summed E-state index contributed by atoms with van der Waals surface area (Å²) >= 11 is 0. The Labute approximate surface area is 333 Å². The molecule has 0 N–H and O–H groups in total. The summed E-state index contributed by atoms with van der Waals surface area (Å²) in [6.07, 6.45) is 6.79. The lowest BCUT2D eigenvalue weighted by Crippen LogP contribution is -2.30. The van der Waals surface area contributed by atoms with Crippen molar-refractivity contribution >= 4 is 44.4 Å². The third kappa shape index (κ3) is 5.25. The van der Waals surface area contributed by atoms with Crippen molar-refractivity contribution in [2.45, 2.75) is 18.3 Å². The lowest BCUT2D eigenvalue weighted by atomic mass is 9.65. The number of benzene rings is 8. The Kier molecular flexibility index (Phi) is 7.89. The molecule has 1 aromatic heterocycles. The fraction of sp³-hybridized carbons (Fsp3) is 0.0545.